The van der Waals surface area contributed by atoms with Crippen molar-refractivity contribution in [1.82, 2.24) is 0 Å². The van der Waals surface area contributed by atoms with Crippen LogP contribution < -0.4 is 14.8 Å². The molecule has 2 aromatic rings. The van der Waals surface area contributed by atoms with Crippen LogP contribution in [0, 0.1) is 10.1 Å². The van der Waals surface area contributed by atoms with Gasteiger partial charge in [0.25, 0.3) is 11.6 Å². The van der Waals surface area contributed by atoms with Gasteiger partial charge in [0.15, 0.2) is 13.2 Å². The molecule has 0 saturated heterocycles. The average Bonchev–Trinajstić information content (AvgIpc) is 2.65. The van der Waals surface area contributed by atoms with Gasteiger partial charge in [0.1, 0.15) is 11.5 Å². The van der Waals surface area contributed by atoms with Gasteiger partial charge in [0, 0.05) is 17.2 Å². The van der Waals surface area contributed by atoms with Crippen LogP contribution in [0.4, 0.5) is 11.4 Å². The summed E-state index contributed by atoms with van der Waals surface area (Å²) in [5.74, 6) is -0.798. The number of hydrogen-bond donors (Lipinski definition) is 1. The van der Waals surface area contributed by atoms with Gasteiger partial charge in [0.05, 0.1) is 17.7 Å². The highest BCUT2D eigenvalue weighted by molar-refractivity contribution is 6.30. The van der Waals surface area contributed by atoms with Gasteiger partial charge in [-0.2, -0.15) is 0 Å². The molecule has 0 aliphatic rings. The third-order valence-electron chi connectivity index (χ3n) is 3.20. The largest absolute Gasteiger partial charge is 0.495 e. The van der Waals surface area contributed by atoms with E-state index in [0.717, 1.165) is 6.07 Å². The summed E-state index contributed by atoms with van der Waals surface area (Å²) in [6, 6.07) is 10.1. The number of esters is 1. The first-order valence-corrected chi connectivity index (χ1v) is 7.93. The van der Waals surface area contributed by atoms with E-state index in [4.69, 9.17) is 25.8 Å². The molecule has 0 aliphatic carbocycles. The number of carbonyl (C=O) groups is 2. The Morgan fingerprint density at radius 2 is 1.85 bits per heavy atom. The number of nitro groups is 1. The second-order valence-electron chi connectivity index (χ2n) is 5.09. The average molecular weight is 395 g/mol. The Balaban J connectivity index is 1.85. The summed E-state index contributed by atoms with van der Waals surface area (Å²) in [5.41, 5.74) is -0.135. The third kappa shape index (κ3) is 6.15. The number of nitro benzene ring substituents is 1. The van der Waals surface area contributed by atoms with E-state index in [2.05, 4.69) is 5.32 Å². The molecule has 2 rings (SSSR count). The number of rotatable bonds is 8. The van der Waals surface area contributed by atoms with Crippen LogP contribution in [-0.4, -0.2) is 37.1 Å². The molecule has 0 aliphatic heterocycles. The minimum Gasteiger partial charge on any atom is -0.495 e. The van der Waals surface area contributed by atoms with E-state index >= 15 is 0 Å². The molecule has 0 radical (unpaired) electrons. The van der Waals surface area contributed by atoms with E-state index < -0.39 is 30.0 Å². The molecule has 0 aromatic heterocycles. The van der Waals surface area contributed by atoms with Crippen LogP contribution in [-0.2, 0) is 14.3 Å². The molecule has 1 N–H and O–H groups in total. The standard InChI is InChI=1S/C17H15ClN2O7/c1-25-15-7-4-12(20(23)24)8-14(15)19-16(21)9-27-17(22)10-26-13-5-2-11(18)3-6-13/h2-8H,9-10H2,1H3,(H,19,21). The van der Waals surface area contributed by atoms with Gasteiger partial charge in [-0.25, -0.2) is 4.79 Å². The van der Waals surface area contributed by atoms with Crippen LogP contribution in [0.5, 0.6) is 11.5 Å². The van der Waals surface area contributed by atoms with E-state index in [1.165, 1.54) is 19.2 Å². The SMILES string of the molecule is COc1ccc([N+](=O)[O-])cc1NC(=O)COC(=O)COc1ccc(Cl)cc1. The number of anilines is 1. The lowest BCUT2D eigenvalue weighted by atomic mass is 10.2. The molecule has 0 unspecified atom stereocenters. The first kappa shape index (κ1) is 20.0. The zero-order valence-electron chi connectivity index (χ0n) is 14.1. The Morgan fingerprint density at radius 1 is 1.15 bits per heavy atom. The summed E-state index contributed by atoms with van der Waals surface area (Å²) >= 11 is 5.74. The van der Waals surface area contributed by atoms with Crippen LogP contribution in [0.2, 0.25) is 5.02 Å². The quantitative estimate of drug-likeness (QED) is 0.415. The number of non-ortho nitro benzene ring substituents is 1. The van der Waals surface area contributed by atoms with Crippen molar-refractivity contribution < 1.29 is 28.7 Å². The Labute approximate surface area is 158 Å². The number of benzene rings is 2. The van der Waals surface area contributed by atoms with Gasteiger partial charge in [-0.05, 0) is 30.3 Å². The van der Waals surface area contributed by atoms with Gasteiger partial charge < -0.3 is 19.5 Å². The Morgan fingerprint density at radius 3 is 2.48 bits per heavy atom. The number of halogens is 1. The number of ether oxygens (including phenoxy) is 3. The summed E-state index contributed by atoms with van der Waals surface area (Å²) in [4.78, 5) is 33.8. The molecule has 27 heavy (non-hydrogen) atoms. The van der Waals surface area contributed by atoms with E-state index in [1.807, 2.05) is 0 Å². The first-order valence-electron chi connectivity index (χ1n) is 7.55. The van der Waals surface area contributed by atoms with Gasteiger partial charge in [-0.1, -0.05) is 11.6 Å². The molecule has 142 valence electrons. The lowest BCUT2D eigenvalue weighted by Gasteiger charge is -2.10. The predicted octanol–water partition coefficient (Wildman–Crippen LogP) is 2.82. The van der Waals surface area contributed by atoms with Gasteiger partial charge in [-0.15, -0.1) is 0 Å². The highest BCUT2D eigenvalue weighted by atomic mass is 35.5. The smallest absolute Gasteiger partial charge is 0.344 e. The number of methoxy groups -OCH3 is 1. The van der Waals surface area contributed by atoms with Crippen LogP contribution in [0.3, 0.4) is 0 Å². The van der Waals surface area contributed by atoms with Crippen molar-refractivity contribution in [2.24, 2.45) is 0 Å². The molecule has 10 heteroatoms. The molecule has 0 spiro atoms. The third-order valence-corrected chi connectivity index (χ3v) is 3.45. The van der Waals surface area contributed by atoms with Gasteiger partial charge in [0.2, 0.25) is 0 Å². The Kier molecular flexibility index (Phi) is 6.95. The normalized spacial score (nSPS) is 10.0. The number of amides is 1. The molecule has 0 saturated carbocycles. The Bertz CT molecular complexity index is 840. The molecule has 1 amide bonds. The van der Waals surface area contributed by atoms with Crippen molar-refractivity contribution >= 4 is 34.9 Å². The van der Waals surface area contributed by atoms with Crippen molar-refractivity contribution in [2.75, 3.05) is 25.6 Å². The van der Waals surface area contributed by atoms with Crippen LogP contribution >= 0.6 is 11.6 Å². The summed E-state index contributed by atoms with van der Waals surface area (Å²) in [6.07, 6.45) is 0. The lowest BCUT2D eigenvalue weighted by Crippen LogP contribution is -2.23. The number of carbonyl (C=O) groups excluding carboxylic acids is 2. The van der Waals surface area contributed by atoms with Crippen molar-refractivity contribution in [3.63, 3.8) is 0 Å². The highest BCUT2D eigenvalue weighted by Crippen LogP contribution is 2.28. The minimum atomic E-state index is -0.758. The van der Waals surface area contributed by atoms with Gasteiger partial charge >= 0.3 is 5.97 Å². The minimum absolute atomic E-state index is 0.0881. The zero-order valence-corrected chi connectivity index (χ0v) is 14.9. The molecular weight excluding hydrogens is 380 g/mol. The van der Waals surface area contributed by atoms with Crippen molar-refractivity contribution in [3.8, 4) is 11.5 Å². The molecular formula is C17H15ClN2O7. The molecule has 9 nitrogen and oxygen atoms in total. The number of nitrogens with one attached hydrogen (secondary N) is 1. The predicted molar refractivity (Wildman–Crippen MR) is 96.2 cm³/mol. The maximum atomic E-state index is 11.9. The Hall–Kier alpha value is -3.33. The summed E-state index contributed by atoms with van der Waals surface area (Å²) in [7, 11) is 1.35. The summed E-state index contributed by atoms with van der Waals surface area (Å²) < 4.78 is 15.0. The maximum absolute atomic E-state index is 11.9. The molecule has 2 aromatic carbocycles. The maximum Gasteiger partial charge on any atom is 0.344 e. The summed E-state index contributed by atoms with van der Waals surface area (Å²) in [6.45, 7) is -0.982. The topological polar surface area (TPSA) is 117 Å². The molecule has 0 bridgehead atoms. The van der Waals surface area contributed by atoms with E-state index in [1.54, 1.807) is 24.3 Å². The second kappa shape index (κ2) is 9.39. The second-order valence-corrected chi connectivity index (χ2v) is 5.53. The van der Waals surface area contributed by atoms with E-state index in [0.29, 0.717) is 10.8 Å². The molecule has 0 atom stereocenters. The first-order chi connectivity index (χ1) is 12.9. The lowest BCUT2D eigenvalue weighted by molar-refractivity contribution is -0.384. The molecule has 0 heterocycles. The van der Waals surface area contributed by atoms with Crippen molar-refractivity contribution in [3.05, 3.63) is 57.6 Å². The fraction of sp³-hybridized carbons (Fsp3) is 0.176. The summed E-state index contributed by atoms with van der Waals surface area (Å²) in [5, 5.41) is 13.7. The number of hydrogen-bond acceptors (Lipinski definition) is 7. The fourth-order valence-electron chi connectivity index (χ4n) is 1.95. The van der Waals surface area contributed by atoms with Crippen LogP contribution in [0.25, 0.3) is 0 Å². The highest BCUT2D eigenvalue weighted by Gasteiger charge is 2.15. The zero-order chi connectivity index (χ0) is 19.8. The van der Waals surface area contributed by atoms with E-state index in [9.17, 15) is 19.7 Å². The van der Waals surface area contributed by atoms with E-state index in [-0.39, 0.29) is 17.1 Å². The van der Waals surface area contributed by atoms with Crippen LogP contribution in [0.1, 0.15) is 0 Å². The van der Waals surface area contributed by atoms with Crippen LogP contribution in [0.15, 0.2) is 42.5 Å². The van der Waals surface area contributed by atoms with Gasteiger partial charge in [-0.3, -0.25) is 14.9 Å². The fourth-order valence-corrected chi connectivity index (χ4v) is 2.08. The molecule has 0 fully saturated rings. The monoisotopic (exact) mass is 394 g/mol. The van der Waals surface area contributed by atoms with Crippen molar-refractivity contribution in [2.45, 2.75) is 0 Å². The van der Waals surface area contributed by atoms with Crippen molar-refractivity contribution in [1.29, 1.82) is 0 Å². The number of nitrogens with zero attached hydrogens (tertiary/aromatic N) is 1.